The summed E-state index contributed by atoms with van der Waals surface area (Å²) in [5.41, 5.74) is 6.20. The van der Waals surface area contributed by atoms with Gasteiger partial charge < -0.3 is 10.6 Å². The van der Waals surface area contributed by atoms with Gasteiger partial charge in [0.25, 0.3) is 0 Å². The Morgan fingerprint density at radius 2 is 1.31 bits per heavy atom. The largest absolute Gasteiger partial charge is 0.346 e. The molecule has 3 aromatic carbocycles. The number of hydrogen-bond donors (Lipinski definition) is 2. The normalized spacial score (nSPS) is 10.9. The van der Waals surface area contributed by atoms with Crippen molar-refractivity contribution < 1.29 is 9.59 Å². The van der Waals surface area contributed by atoms with Gasteiger partial charge in [-0.1, -0.05) is 78.4 Å². The van der Waals surface area contributed by atoms with Crippen LogP contribution < -0.4 is 10.6 Å². The summed E-state index contributed by atoms with van der Waals surface area (Å²) < 4.78 is 0. The number of carbonyl (C=O) groups is 2. The molecule has 0 saturated carbocycles. The highest BCUT2D eigenvalue weighted by Gasteiger charge is 2.21. The van der Waals surface area contributed by atoms with Crippen LogP contribution in [-0.2, 0) is 9.59 Å². The first-order chi connectivity index (χ1) is 15.3. The molecule has 166 valence electrons. The lowest BCUT2D eigenvalue weighted by atomic mass is 9.97. The van der Waals surface area contributed by atoms with E-state index in [1.807, 2.05) is 81.2 Å². The first kappa shape index (κ1) is 23.2. The Bertz CT molecular complexity index is 1000. The molecule has 2 N–H and O–H groups in total. The van der Waals surface area contributed by atoms with Crippen molar-refractivity contribution in [2.45, 2.75) is 26.8 Å². The van der Waals surface area contributed by atoms with Gasteiger partial charge in [0, 0.05) is 5.69 Å². The van der Waals surface area contributed by atoms with Gasteiger partial charge in [-0.05, 0) is 50.1 Å². The molecule has 3 rings (SSSR count). The number of hydrogen-bond acceptors (Lipinski definition) is 3. The molecule has 0 aliphatic carbocycles. The molecule has 0 bridgehead atoms. The molecule has 0 aromatic heterocycles. The number of rotatable bonds is 8. The molecule has 0 unspecified atom stereocenters. The average Bonchev–Trinajstić information content (AvgIpc) is 2.76. The van der Waals surface area contributed by atoms with Gasteiger partial charge in [0.1, 0.15) is 0 Å². The molecule has 0 saturated heterocycles. The summed E-state index contributed by atoms with van der Waals surface area (Å²) in [6, 6.07) is 24.2. The molecule has 0 heterocycles. The standard InChI is InChI=1S/C27H31N3O2/c1-19-15-20(2)26(21(3)16-19)29-24(31)17-28-25(32)18-30(4)27(22-11-7-5-8-12-22)23-13-9-6-10-14-23/h5-16,27H,17-18H2,1-4H3,(H,28,32)(H,29,31). The van der Waals surface area contributed by atoms with Crippen molar-refractivity contribution in [3.05, 3.63) is 101 Å². The first-order valence-corrected chi connectivity index (χ1v) is 10.8. The fourth-order valence-electron chi connectivity index (χ4n) is 4.09. The zero-order chi connectivity index (χ0) is 23.1. The van der Waals surface area contributed by atoms with Gasteiger partial charge in [-0.2, -0.15) is 0 Å². The monoisotopic (exact) mass is 429 g/mol. The number of nitrogens with one attached hydrogen (secondary N) is 2. The molecule has 0 atom stereocenters. The van der Waals surface area contributed by atoms with Crippen molar-refractivity contribution in [1.29, 1.82) is 0 Å². The van der Waals surface area contributed by atoms with Gasteiger partial charge in [-0.25, -0.2) is 0 Å². The van der Waals surface area contributed by atoms with Crippen LogP contribution in [0.25, 0.3) is 0 Å². The maximum absolute atomic E-state index is 12.6. The van der Waals surface area contributed by atoms with E-state index in [0.717, 1.165) is 33.5 Å². The Hall–Kier alpha value is -3.44. The predicted molar refractivity (Wildman–Crippen MR) is 130 cm³/mol. The number of carbonyl (C=O) groups excluding carboxylic acids is 2. The number of nitrogens with zero attached hydrogens (tertiary/aromatic N) is 1. The van der Waals surface area contributed by atoms with Gasteiger partial charge in [0.15, 0.2) is 0 Å². The van der Waals surface area contributed by atoms with E-state index in [-0.39, 0.29) is 30.9 Å². The summed E-state index contributed by atoms with van der Waals surface area (Å²) >= 11 is 0. The Labute approximate surface area is 190 Å². The zero-order valence-electron chi connectivity index (χ0n) is 19.2. The lowest BCUT2D eigenvalue weighted by Gasteiger charge is -2.28. The highest BCUT2D eigenvalue weighted by Crippen LogP contribution is 2.27. The van der Waals surface area contributed by atoms with Gasteiger partial charge in [-0.15, -0.1) is 0 Å². The van der Waals surface area contributed by atoms with Crippen molar-refractivity contribution in [3.8, 4) is 0 Å². The lowest BCUT2D eigenvalue weighted by molar-refractivity contribution is -0.125. The third kappa shape index (κ3) is 6.05. The summed E-state index contributed by atoms with van der Waals surface area (Å²) in [6.07, 6.45) is 0. The first-order valence-electron chi connectivity index (χ1n) is 10.8. The van der Waals surface area contributed by atoms with Crippen LogP contribution >= 0.6 is 0 Å². The van der Waals surface area contributed by atoms with Crippen LogP contribution in [0.3, 0.4) is 0 Å². The number of amides is 2. The second-order valence-electron chi connectivity index (χ2n) is 8.24. The highest BCUT2D eigenvalue weighted by molar-refractivity contribution is 5.96. The van der Waals surface area contributed by atoms with Crippen molar-refractivity contribution in [3.63, 3.8) is 0 Å². The van der Waals surface area contributed by atoms with E-state index >= 15 is 0 Å². The zero-order valence-corrected chi connectivity index (χ0v) is 19.2. The molecule has 5 heteroatoms. The van der Waals surface area contributed by atoms with E-state index in [1.54, 1.807) is 0 Å². The van der Waals surface area contributed by atoms with E-state index < -0.39 is 0 Å². The average molecular weight is 430 g/mol. The highest BCUT2D eigenvalue weighted by atomic mass is 16.2. The Balaban J connectivity index is 1.61. The summed E-state index contributed by atoms with van der Waals surface area (Å²) in [4.78, 5) is 27.0. The molecule has 0 radical (unpaired) electrons. The van der Waals surface area contributed by atoms with Crippen molar-refractivity contribution in [1.82, 2.24) is 10.2 Å². The van der Waals surface area contributed by atoms with E-state index in [4.69, 9.17) is 0 Å². The van der Waals surface area contributed by atoms with Crippen molar-refractivity contribution in [2.24, 2.45) is 0 Å². The Morgan fingerprint density at radius 1 is 0.812 bits per heavy atom. The van der Waals surface area contributed by atoms with Gasteiger partial charge in [0.2, 0.25) is 11.8 Å². The van der Waals surface area contributed by atoms with Crippen LogP contribution in [0.4, 0.5) is 5.69 Å². The van der Waals surface area contributed by atoms with Gasteiger partial charge >= 0.3 is 0 Å². The predicted octanol–water partition coefficient (Wildman–Crippen LogP) is 4.39. The van der Waals surface area contributed by atoms with Crippen LogP contribution in [0.5, 0.6) is 0 Å². The van der Waals surface area contributed by atoms with Crippen LogP contribution in [0.1, 0.15) is 33.9 Å². The number of likely N-dealkylation sites (N-methyl/N-ethyl adjacent to an activating group) is 1. The van der Waals surface area contributed by atoms with Crippen LogP contribution in [0.2, 0.25) is 0 Å². The third-order valence-corrected chi connectivity index (χ3v) is 5.45. The molecule has 0 aliphatic heterocycles. The molecule has 0 aliphatic rings. The molecule has 3 aromatic rings. The molecule has 0 spiro atoms. The quantitative estimate of drug-likeness (QED) is 0.558. The van der Waals surface area contributed by atoms with E-state index in [0.29, 0.717) is 0 Å². The molecule has 5 nitrogen and oxygen atoms in total. The van der Waals surface area contributed by atoms with Crippen LogP contribution in [-0.4, -0.2) is 36.9 Å². The third-order valence-electron chi connectivity index (χ3n) is 5.45. The lowest BCUT2D eigenvalue weighted by Crippen LogP contribution is -2.40. The SMILES string of the molecule is Cc1cc(C)c(NC(=O)CNC(=O)CN(C)C(c2ccccc2)c2ccccc2)c(C)c1. The molecule has 0 fully saturated rings. The molecular formula is C27H31N3O2. The second-order valence-corrected chi connectivity index (χ2v) is 8.24. The topological polar surface area (TPSA) is 61.4 Å². The van der Waals surface area contributed by atoms with Gasteiger partial charge in [0.05, 0.1) is 19.1 Å². The summed E-state index contributed by atoms with van der Waals surface area (Å²) in [5, 5.41) is 5.67. The minimum Gasteiger partial charge on any atom is -0.346 e. The van der Waals surface area contributed by atoms with Crippen molar-refractivity contribution in [2.75, 3.05) is 25.5 Å². The van der Waals surface area contributed by atoms with Crippen LogP contribution in [0, 0.1) is 20.8 Å². The van der Waals surface area contributed by atoms with Crippen LogP contribution in [0.15, 0.2) is 72.8 Å². The smallest absolute Gasteiger partial charge is 0.243 e. The van der Waals surface area contributed by atoms with E-state index in [9.17, 15) is 9.59 Å². The maximum Gasteiger partial charge on any atom is 0.243 e. The number of anilines is 1. The number of benzene rings is 3. The van der Waals surface area contributed by atoms with E-state index in [1.165, 1.54) is 0 Å². The Morgan fingerprint density at radius 3 is 1.81 bits per heavy atom. The van der Waals surface area contributed by atoms with Crippen molar-refractivity contribution >= 4 is 17.5 Å². The summed E-state index contributed by atoms with van der Waals surface area (Å²) in [7, 11) is 1.92. The molecular weight excluding hydrogens is 398 g/mol. The van der Waals surface area contributed by atoms with Gasteiger partial charge in [-0.3, -0.25) is 14.5 Å². The minimum absolute atomic E-state index is 0.0603. The summed E-state index contributed by atoms with van der Waals surface area (Å²) in [5.74, 6) is -0.435. The minimum atomic E-state index is -0.237. The second kappa shape index (κ2) is 10.7. The fraction of sp³-hybridized carbons (Fsp3) is 0.259. The maximum atomic E-state index is 12.6. The molecule has 2 amide bonds. The van der Waals surface area contributed by atoms with E-state index in [2.05, 4.69) is 34.9 Å². The number of aryl methyl sites for hydroxylation is 3. The fourth-order valence-corrected chi connectivity index (χ4v) is 4.09. The Kier molecular flexibility index (Phi) is 7.79. The molecule has 32 heavy (non-hydrogen) atoms. The summed E-state index contributed by atoms with van der Waals surface area (Å²) in [6.45, 7) is 6.07.